The van der Waals surface area contributed by atoms with E-state index in [4.69, 9.17) is 11.5 Å². The first-order valence-corrected chi connectivity index (χ1v) is 6.63. The van der Waals surface area contributed by atoms with Crippen LogP contribution in [0.2, 0.25) is 0 Å². The lowest BCUT2D eigenvalue weighted by Gasteiger charge is -2.27. The van der Waals surface area contributed by atoms with Gasteiger partial charge in [0, 0.05) is 6.54 Å². The van der Waals surface area contributed by atoms with Crippen molar-refractivity contribution in [3.8, 4) is 0 Å². The summed E-state index contributed by atoms with van der Waals surface area (Å²) in [5.74, 6) is -0.994. The van der Waals surface area contributed by atoms with Gasteiger partial charge in [0.05, 0.1) is 12.6 Å². The molecular weight excluding hydrogens is 248 g/mol. The fourth-order valence-electron chi connectivity index (χ4n) is 2.96. The smallest absolute Gasteiger partial charge is 0.240 e. The van der Waals surface area contributed by atoms with E-state index in [0.717, 1.165) is 12.8 Å². The van der Waals surface area contributed by atoms with Crippen molar-refractivity contribution in [2.75, 3.05) is 19.6 Å². The average molecular weight is 268 g/mol. The average Bonchev–Trinajstić information content (AvgIpc) is 2.96. The van der Waals surface area contributed by atoms with E-state index in [0.29, 0.717) is 25.9 Å². The molecule has 2 saturated heterocycles. The number of hydrogen-bond donors (Lipinski definition) is 2. The van der Waals surface area contributed by atoms with Crippen molar-refractivity contribution in [3.05, 3.63) is 0 Å². The van der Waals surface area contributed by atoms with Crippen LogP contribution < -0.4 is 11.5 Å². The second-order valence-corrected chi connectivity index (χ2v) is 5.18. The lowest BCUT2D eigenvalue weighted by Crippen LogP contribution is -2.50. The zero-order chi connectivity index (χ0) is 14.0. The molecule has 4 N–H and O–H groups in total. The molecular formula is C12H20N4O3. The van der Waals surface area contributed by atoms with Crippen LogP contribution in [0.25, 0.3) is 0 Å². The summed E-state index contributed by atoms with van der Waals surface area (Å²) in [5, 5.41) is 0. The molecule has 0 radical (unpaired) electrons. The number of carbonyl (C=O) groups excluding carboxylic acids is 3. The Hall–Kier alpha value is -1.63. The Morgan fingerprint density at radius 3 is 2.16 bits per heavy atom. The van der Waals surface area contributed by atoms with E-state index >= 15 is 0 Å². The summed E-state index contributed by atoms with van der Waals surface area (Å²) in [7, 11) is 0. The molecule has 3 amide bonds. The van der Waals surface area contributed by atoms with Gasteiger partial charge in [0.2, 0.25) is 17.7 Å². The number of rotatable bonds is 4. The summed E-state index contributed by atoms with van der Waals surface area (Å²) >= 11 is 0. The van der Waals surface area contributed by atoms with Crippen LogP contribution in [0.15, 0.2) is 0 Å². The van der Waals surface area contributed by atoms with Crippen LogP contribution in [0.5, 0.6) is 0 Å². The first kappa shape index (κ1) is 13.8. The van der Waals surface area contributed by atoms with Crippen LogP contribution >= 0.6 is 0 Å². The van der Waals surface area contributed by atoms with E-state index < -0.39 is 17.9 Å². The standard InChI is InChI=1S/C12H20N4O3/c13-11(18)8-3-1-5-15(8)7-10(17)16-6-2-4-9(16)12(14)19/h8-9H,1-7H2,(H2,13,18)(H2,14,19). The van der Waals surface area contributed by atoms with Gasteiger partial charge >= 0.3 is 0 Å². The molecule has 106 valence electrons. The predicted molar refractivity (Wildman–Crippen MR) is 67.7 cm³/mol. The van der Waals surface area contributed by atoms with Crippen LogP contribution in [-0.2, 0) is 14.4 Å². The molecule has 2 fully saturated rings. The highest BCUT2D eigenvalue weighted by atomic mass is 16.2. The zero-order valence-electron chi connectivity index (χ0n) is 10.9. The van der Waals surface area contributed by atoms with Crippen LogP contribution in [0.3, 0.4) is 0 Å². The summed E-state index contributed by atoms with van der Waals surface area (Å²) in [5.41, 5.74) is 10.6. The summed E-state index contributed by atoms with van der Waals surface area (Å²) in [4.78, 5) is 38.1. The number of likely N-dealkylation sites (tertiary alicyclic amines) is 2. The monoisotopic (exact) mass is 268 g/mol. The molecule has 2 unspecified atom stereocenters. The van der Waals surface area contributed by atoms with Gasteiger partial charge in [-0.1, -0.05) is 0 Å². The Kier molecular flexibility index (Phi) is 4.04. The molecule has 2 aliphatic heterocycles. The second-order valence-electron chi connectivity index (χ2n) is 5.18. The third-order valence-corrected chi connectivity index (χ3v) is 3.93. The minimum absolute atomic E-state index is 0.136. The highest BCUT2D eigenvalue weighted by molar-refractivity contribution is 5.88. The van der Waals surface area contributed by atoms with Crippen molar-refractivity contribution in [2.24, 2.45) is 11.5 Å². The normalized spacial score (nSPS) is 27.7. The van der Waals surface area contributed by atoms with Crippen LogP contribution in [0, 0.1) is 0 Å². The molecule has 0 aromatic rings. The van der Waals surface area contributed by atoms with E-state index in [1.807, 2.05) is 0 Å². The molecule has 7 heteroatoms. The SMILES string of the molecule is NC(=O)C1CCCN1CC(=O)N1CCCC1C(N)=O. The van der Waals surface area contributed by atoms with Crippen molar-refractivity contribution >= 4 is 17.7 Å². The Balaban J connectivity index is 1.97. The minimum Gasteiger partial charge on any atom is -0.368 e. The molecule has 0 bridgehead atoms. The van der Waals surface area contributed by atoms with Gasteiger partial charge in [-0.05, 0) is 32.2 Å². The van der Waals surface area contributed by atoms with E-state index in [9.17, 15) is 14.4 Å². The summed E-state index contributed by atoms with van der Waals surface area (Å²) in [6.07, 6.45) is 2.97. The molecule has 2 heterocycles. The lowest BCUT2D eigenvalue weighted by molar-refractivity contribution is -0.139. The van der Waals surface area contributed by atoms with Gasteiger partial charge in [-0.15, -0.1) is 0 Å². The van der Waals surface area contributed by atoms with Gasteiger partial charge in [-0.3, -0.25) is 19.3 Å². The number of nitrogens with zero attached hydrogens (tertiary/aromatic N) is 2. The van der Waals surface area contributed by atoms with Crippen molar-refractivity contribution < 1.29 is 14.4 Å². The Morgan fingerprint density at radius 2 is 1.53 bits per heavy atom. The molecule has 0 aromatic heterocycles. The minimum atomic E-state index is -0.498. The molecule has 0 aromatic carbocycles. The Labute approximate surface area is 111 Å². The largest absolute Gasteiger partial charge is 0.368 e. The third-order valence-electron chi connectivity index (χ3n) is 3.93. The summed E-state index contributed by atoms with van der Waals surface area (Å²) in [6, 6.07) is -0.860. The number of nitrogens with two attached hydrogens (primary N) is 2. The van der Waals surface area contributed by atoms with Gasteiger partial charge in [0.1, 0.15) is 6.04 Å². The fourth-order valence-corrected chi connectivity index (χ4v) is 2.96. The van der Waals surface area contributed by atoms with E-state index in [-0.39, 0.29) is 18.5 Å². The maximum absolute atomic E-state index is 12.2. The van der Waals surface area contributed by atoms with Crippen molar-refractivity contribution in [1.29, 1.82) is 0 Å². The second kappa shape index (κ2) is 5.56. The highest BCUT2D eigenvalue weighted by Gasteiger charge is 2.36. The molecule has 0 spiro atoms. The van der Waals surface area contributed by atoms with Crippen molar-refractivity contribution in [3.63, 3.8) is 0 Å². The topological polar surface area (TPSA) is 110 Å². The Morgan fingerprint density at radius 1 is 0.947 bits per heavy atom. The molecule has 0 aliphatic carbocycles. The maximum atomic E-state index is 12.2. The van der Waals surface area contributed by atoms with Gasteiger partial charge in [0.25, 0.3) is 0 Å². The molecule has 2 rings (SSSR count). The predicted octanol–water partition coefficient (Wildman–Crippen LogP) is -1.59. The number of hydrogen-bond acceptors (Lipinski definition) is 4. The fraction of sp³-hybridized carbons (Fsp3) is 0.750. The van der Waals surface area contributed by atoms with Gasteiger partial charge in [-0.2, -0.15) is 0 Å². The number of amides is 3. The van der Waals surface area contributed by atoms with Crippen LogP contribution in [0.4, 0.5) is 0 Å². The van der Waals surface area contributed by atoms with E-state index in [1.165, 1.54) is 4.90 Å². The lowest BCUT2D eigenvalue weighted by atomic mass is 10.2. The van der Waals surface area contributed by atoms with Crippen molar-refractivity contribution in [2.45, 2.75) is 37.8 Å². The molecule has 0 saturated carbocycles. The van der Waals surface area contributed by atoms with Crippen LogP contribution in [0.1, 0.15) is 25.7 Å². The van der Waals surface area contributed by atoms with Crippen LogP contribution in [-0.4, -0.2) is 59.2 Å². The maximum Gasteiger partial charge on any atom is 0.240 e. The van der Waals surface area contributed by atoms with Crippen molar-refractivity contribution in [1.82, 2.24) is 9.80 Å². The van der Waals surface area contributed by atoms with Gasteiger partial charge < -0.3 is 16.4 Å². The van der Waals surface area contributed by atoms with E-state index in [1.54, 1.807) is 4.90 Å². The molecule has 19 heavy (non-hydrogen) atoms. The summed E-state index contributed by atoms with van der Waals surface area (Å²) in [6.45, 7) is 1.38. The van der Waals surface area contributed by atoms with Gasteiger partial charge in [-0.25, -0.2) is 0 Å². The Bertz CT molecular complexity index is 398. The molecule has 7 nitrogen and oxygen atoms in total. The summed E-state index contributed by atoms with van der Waals surface area (Å²) < 4.78 is 0. The van der Waals surface area contributed by atoms with E-state index in [2.05, 4.69) is 0 Å². The third kappa shape index (κ3) is 2.86. The number of primary amides is 2. The molecule has 2 aliphatic rings. The number of carbonyl (C=O) groups is 3. The first-order chi connectivity index (χ1) is 9.00. The quantitative estimate of drug-likeness (QED) is 0.640. The highest BCUT2D eigenvalue weighted by Crippen LogP contribution is 2.20. The molecule has 2 atom stereocenters. The zero-order valence-corrected chi connectivity index (χ0v) is 10.9. The van der Waals surface area contributed by atoms with Gasteiger partial charge in [0.15, 0.2) is 0 Å². The first-order valence-electron chi connectivity index (χ1n) is 6.63.